The minimum atomic E-state index is -0.662. The molecule has 0 fully saturated rings. The highest BCUT2D eigenvalue weighted by Crippen LogP contribution is 2.09. The van der Waals surface area contributed by atoms with E-state index in [4.69, 9.17) is 5.11 Å². The first kappa shape index (κ1) is 13.0. The summed E-state index contributed by atoms with van der Waals surface area (Å²) in [6.45, 7) is 1.56. The molecule has 1 amide bonds. The first-order chi connectivity index (χ1) is 8.02. The Morgan fingerprint density at radius 2 is 1.94 bits per heavy atom. The van der Waals surface area contributed by atoms with Crippen LogP contribution in [0.1, 0.15) is 12.5 Å². The van der Waals surface area contributed by atoms with Crippen LogP contribution in [-0.2, 0) is 20.7 Å². The number of aromatic hydroxyl groups is 1. The molecule has 1 aromatic carbocycles. The summed E-state index contributed by atoms with van der Waals surface area (Å²) in [4.78, 5) is 22.6. The zero-order valence-electron chi connectivity index (χ0n) is 9.77. The zero-order valence-corrected chi connectivity index (χ0v) is 9.77. The van der Waals surface area contributed by atoms with Crippen molar-refractivity contribution >= 4 is 11.9 Å². The van der Waals surface area contributed by atoms with Gasteiger partial charge in [-0.2, -0.15) is 0 Å². The molecule has 0 aliphatic heterocycles. The van der Waals surface area contributed by atoms with E-state index in [0.29, 0.717) is 0 Å². The number of hydrogen-bond acceptors (Lipinski definition) is 4. The molecule has 0 saturated heterocycles. The normalized spacial score (nSPS) is 11.6. The lowest BCUT2D eigenvalue weighted by Crippen LogP contribution is -2.39. The Morgan fingerprint density at radius 1 is 1.35 bits per heavy atom. The molecule has 0 aliphatic rings. The van der Waals surface area contributed by atoms with Gasteiger partial charge >= 0.3 is 5.97 Å². The predicted octanol–water partition coefficient (Wildman–Crippen LogP) is 0.612. The third kappa shape index (κ3) is 4.14. The first-order valence-corrected chi connectivity index (χ1v) is 5.18. The van der Waals surface area contributed by atoms with Gasteiger partial charge < -0.3 is 15.2 Å². The largest absolute Gasteiger partial charge is 0.508 e. The summed E-state index contributed by atoms with van der Waals surface area (Å²) in [5, 5.41) is 11.6. The molecule has 0 radical (unpaired) electrons. The van der Waals surface area contributed by atoms with Gasteiger partial charge in [0, 0.05) is 0 Å². The molecular formula is C12H15NO4. The minimum absolute atomic E-state index is 0.150. The number of amides is 1. The zero-order chi connectivity index (χ0) is 12.8. The van der Waals surface area contributed by atoms with Crippen molar-refractivity contribution in [3.63, 3.8) is 0 Å². The van der Waals surface area contributed by atoms with Gasteiger partial charge in [-0.25, -0.2) is 4.79 Å². The molecule has 1 atom stereocenters. The van der Waals surface area contributed by atoms with Crippen molar-refractivity contribution in [2.75, 3.05) is 7.11 Å². The van der Waals surface area contributed by atoms with Gasteiger partial charge in [0.15, 0.2) is 0 Å². The van der Waals surface area contributed by atoms with Crippen molar-refractivity contribution in [3.8, 4) is 5.75 Å². The number of nitrogens with one attached hydrogen (secondary N) is 1. The summed E-state index contributed by atoms with van der Waals surface area (Å²) < 4.78 is 4.49. The minimum Gasteiger partial charge on any atom is -0.508 e. The van der Waals surface area contributed by atoms with E-state index in [1.54, 1.807) is 19.1 Å². The number of hydrogen-bond donors (Lipinski definition) is 2. The van der Waals surface area contributed by atoms with Crippen molar-refractivity contribution in [3.05, 3.63) is 29.8 Å². The molecule has 0 aliphatic carbocycles. The summed E-state index contributed by atoms with van der Waals surface area (Å²) in [5.74, 6) is -0.602. The standard InChI is InChI=1S/C12H15NO4/c1-8(12(16)17-2)13-11(15)7-9-3-5-10(14)6-4-9/h3-6,8,14H,7H2,1-2H3,(H,13,15). The molecule has 1 aromatic rings. The van der Waals surface area contributed by atoms with Gasteiger partial charge in [0.05, 0.1) is 13.5 Å². The molecule has 0 spiro atoms. The predicted molar refractivity (Wildman–Crippen MR) is 61.4 cm³/mol. The molecule has 92 valence electrons. The van der Waals surface area contributed by atoms with Crippen LogP contribution in [-0.4, -0.2) is 30.1 Å². The Labute approximate surface area is 99.4 Å². The fraction of sp³-hybridized carbons (Fsp3) is 0.333. The second kappa shape index (κ2) is 5.89. The van der Waals surface area contributed by atoms with Crippen LogP contribution in [0, 0.1) is 0 Å². The Hall–Kier alpha value is -2.04. The average Bonchev–Trinajstić information content (AvgIpc) is 2.30. The highest BCUT2D eigenvalue weighted by molar-refractivity contribution is 5.85. The lowest BCUT2D eigenvalue weighted by atomic mass is 10.1. The van der Waals surface area contributed by atoms with E-state index in [1.807, 2.05) is 0 Å². The number of carbonyl (C=O) groups is 2. The van der Waals surface area contributed by atoms with Gasteiger partial charge in [0.2, 0.25) is 5.91 Å². The quantitative estimate of drug-likeness (QED) is 0.752. The molecule has 0 saturated carbocycles. The van der Waals surface area contributed by atoms with Crippen LogP contribution in [0.4, 0.5) is 0 Å². The summed E-state index contributed by atoms with van der Waals surface area (Å²) in [7, 11) is 1.27. The average molecular weight is 237 g/mol. The number of methoxy groups -OCH3 is 1. The molecule has 0 bridgehead atoms. The molecule has 17 heavy (non-hydrogen) atoms. The van der Waals surface area contributed by atoms with Crippen LogP contribution in [0.3, 0.4) is 0 Å². The maximum atomic E-state index is 11.5. The lowest BCUT2D eigenvalue weighted by Gasteiger charge is -2.11. The third-order valence-electron chi connectivity index (χ3n) is 2.23. The first-order valence-electron chi connectivity index (χ1n) is 5.18. The second-order valence-corrected chi connectivity index (χ2v) is 3.66. The number of esters is 1. The number of phenols is 1. The van der Waals surface area contributed by atoms with E-state index < -0.39 is 12.0 Å². The Balaban J connectivity index is 2.50. The number of phenolic OH excluding ortho intramolecular Hbond substituents is 1. The molecule has 1 unspecified atom stereocenters. The number of ether oxygens (including phenoxy) is 1. The number of carbonyl (C=O) groups excluding carboxylic acids is 2. The Bertz CT molecular complexity index is 399. The van der Waals surface area contributed by atoms with Gasteiger partial charge in [-0.3, -0.25) is 4.79 Å². The SMILES string of the molecule is COC(=O)C(C)NC(=O)Cc1ccc(O)cc1. The van der Waals surface area contributed by atoms with E-state index in [9.17, 15) is 9.59 Å². The molecule has 5 heteroatoms. The molecular weight excluding hydrogens is 222 g/mol. The van der Waals surface area contributed by atoms with Crippen LogP contribution in [0.25, 0.3) is 0 Å². The fourth-order valence-electron chi connectivity index (χ4n) is 1.33. The topological polar surface area (TPSA) is 75.6 Å². The summed E-state index contributed by atoms with van der Waals surface area (Å²) in [6, 6.07) is 5.65. The molecule has 0 aromatic heterocycles. The lowest BCUT2D eigenvalue weighted by molar-refractivity contribution is -0.144. The summed E-state index contributed by atoms with van der Waals surface area (Å²) in [5.41, 5.74) is 0.761. The van der Waals surface area contributed by atoms with Crippen molar-refractivity contribution in [2.24, 2.45) is 0 Å². The van der Waals surface area contributed by atoms with Gasteiger partial charge in [-0.1, -0.05) is 12.1 Å². The fourth-order valence-corrected chi connectivity index (χ4v) is 1.33. The van der Waals surface area contributed by atoms with Crippen molar-refractivity contribution in [1.29, 1.82) is 0 Å². The van der Waals surface area contributed by atoms with Gasteiger partial charge in [-0.05, 0) is 24.6 Å². The van der Waals surface area contributed by atoms with Crippen LogP contribution in [0.5, 0.6) is 5.75 Å². The highest BCUT2D eigenvalue weighted by Gasteiger charge is 2.15. The van der Waals surface area contributed by atoms with E-state index in [2.05, 4.69) is 10.1 Å². The molecule has 0 heterocycles. The van der Waals surface area contributed by atoms with Crippen LogP contribution in [0.2, 0.25) is 0 Å². The van der Waals surface area contributed by atoms with Gasteiger partial charge in [-0.15, -0.1) is 0 Å². The maximum absolute atomic E-state index is 11.5. The number of rotatable bonds is 4. The van der Waals surface area contributed by atoms with Crippen LogP contribution >= 0.6 is 0 Å². The van der Waals surface area contributed by atoms with Crippen molar-refractivity contribution < 1.29 is 19.4 Å². The third-order valence-corrected chi connectivity index (χ3v) is 2.23. The smallest absolute Gasteiger partial charge is 0.328 e. The van der Waals surface area contributed by atoms with Crippen molar-refractivity contribution in [1.82, 2.24) is 5.32 Å². The molecule has 5 nitrogen and oxygen atoms in total. The van der Waals surface area contributed by atoms with Crippen LogP contribution < -0.4 is 5.32 Å². The Kier molecular flexibility index (Phi) is 4.51. The van der Waals surface area contributed by atoms with Gasteiger partial charge in [0.1, 0.15) is 11.8 Å². The monoisotopic (exact) mass is 237 g/mol. The van der Waals surface area contributed by atoms with Crippen LogP contribution in [0.15, 0.2) is 24.3 Å². The Morgan fingerprint density at radius 3 is 2.47 bits per heavy atom. The highest BCUT2D eigenvalue weighted by atomic mass is 16.5. The second-order valence-electron chi connectivity index (χ2n) is 3.66. The van der Waals surface area contributed by atoms with Gasteiger partial charge in [0.25, 0.3) is 0 Å². The van der Waals surface area contributed by atoms with Crippen molar-refractivity contribution in [2.45, 2.75) is 19.4 Å². The van der Waals surface area contributed by atoms with E-state index in [-0.39, 0.29) is 18.1 Å². The summed E-state index contributed by atoms with van der Waals surface area (Å²) in [6.07, 6.45) is 0.154. The summed E-state index contributed by atoms with van der Waals surface area (Å²) >= 11 is 0. The van der Waals surface area contributed by atoms with E-state index in [0.717, 1.165) is 5.56 Å². The number of benzene rings is 1. The van der Waals surface area contributed by atoms with E-state index >= 15 is 0 Å². The van der Waals surface area contributed by atoms with E-state index in [1.165, 1.54) is 19.2 Å². The molecule has 2 N–H and O–H groups in total. The molecule has 1 rings (SSSR count). The maximum Gasteiger partial charge on any atom is 0.328 e.